The molecule has 1 heterocycles. The highest BCUT2D eigenvalue weighted by molar-refractivity contribution is 6.30. The maximum atomic E-state index is 13.8. The number of hydrogen-bond donors (Lipinski definition) is 0. The summed E-state index contributed by atoms with van der Waals surface area (Å²) in [5.74, 6) is -2.29. The van der Waals surface area contributed by atoms with E-state index in [2.05, 4.69) is 0 Å². The van der Waals surface area contributed by atoms with E-state index < -0.39 is 47.9 Å². The summed E-state index contributed by atoms with van der Waals surface area (Å²) in [6, 6.07) is 18.4. The minimum absolute atomic E-state index is 0.0353. The van der Waals surface area contributed by atoms with Gasteiger partial charge in [0.2, 0.25) is 0 Å². The average molecular weight is 611 g/mol. The Balaban J connectivity index is 1.13. The van der Waals surface area contributed by atoms with Crippen LogP contribution in [0, 0.1) is 35.5 Å². The third-order valence-corrected chi connectivity index (χ3v) is 9.44. The molecule has 9 nitrogen and oxygen atoms in total. The first kappa shape index (κ1) is 28.0. The van der Waals surface area contributed by atoms with Crippen LogP contribution in [0.4, 0.5) is 0 Å². The Morgan fingerprint density at radius 2 is 1.43 bits per heavy atom. The molecule has 5 aliphatic rings. The van der Waals surface area contributed by atoms with Crippen LogP contribution in [0.1, 0.15) is 37.5 Å². The SMILES string of the molecule is COc1cccc(C(=O)Oc2ccc(C(=O)CN(C(=O)c3ccc(Cl)cc3)N3C(=O)[C@@H]4[C@H]5C=C[C@@H]([C@@H]6C[C@@H]56)[C@@H]4C3=O)cc2)c1. The number of ketones is 1. The van der Waals surface area contributed by atoms with Crippen molar-refractivity contribution < 1.29 is 33.4 Å². The largest absolute Gasteiger partial charge is 0.497 e. The molecule has 44 heavy (non-hydrogen) atoms. The molecule has 8 rings (SSSR count). The Bertz CT molecular complexity index is 1700. The van der Waals surface area contributed by atoms with Crippen molar-refractivity contribution in [3.63, 3.8) is 0 Å². The van der Waals surface area contributed by atoms with Crippen LogP contribution in [0.5, 0.6) is 11.5 Å². The number of hydrogen-bond acceptors (Lipinski definition) is 7. The molecule has 1 saturated heterocycles. The standard InChI is InChI=1S/C34H27ClN2O7/c1-43-23-4-2-3-20(15-23)34(42)44-22-11-7-18(8-12-22)28(38)17-36(31(39)19-5-9-21(35)10-6-19)37-32(40)29-24-13-14-25(27-16-26(24)27)30(29)33(37)41/h2-15,24-27,29-30H,16-17H2,1H3/t24-,25-,26-,27-,29-,30+/m0/s1. The lowest BCUT2D eigenvalue weighted by Gasteiger charge is -2.37. The molecule has 4 aliphatic carbocycles. The third-order valence-electron chi connectivity index (χ3n) is 9.19. The minimum Gasteiger partial charge on any atom is -0.497 e. The van der Waals surface area contributed by atoms with Gasteiger partial charge < -0.3 is 9.47 Å². The molecule has 0 unspecified atom stereocenters. The van der Waals surface area contributed by atoms with Gasteiger partial charge in [-0.2, -0.15) is 5.01 Å². The zero-order chi connectivity index (χ0) is 30.7. The van der Waals surface area contributed by atoms with Crippen molar-refractivity contribution in [2.24, 2.45) is 35.5 Å². The van der Waals surface area contributed by atoms with Gasteiger partial charge in [-0.1, -0.05) is 29.8 Å². The van der Waals surface area contributed by atoms with Crippen molar-refractivity contribution in [2.75, 3.05) is 13.7 Å². The number of allylic oxidation sites excluding steroid dienone is 2. The number of esters is 1. The maximum Gasteiger partial charge on any atom is 0.343 e. The lowest BCUT2D eigenvalue weighted by molar-refractivity contribution is -0.154. The van der Waals surface area contributed by atoms with Crippen LogP contribution in [0.15, 0.2) is 84.9 Å². The first-order valence-electron chi connectivity index (χ1n) is 14.4. The molecular formula is C34H27ClN2O7. The number of methoxy groups -OCH3 is 1. The third kappa shape index (κ3) is 4.68. The molecule has 3 fully saturated rings. The molecule has 1 aliphatic heterocycles. The number of hydrazine groups is 1. The molecule has 3 aromatic carbocycles. The van der Waals surface area contributed by atoms with Crippen LogP contribution in [0.3, 0.4) is 0 Å². The summed E-state index contributed by atoms with van der Waals surface area (Å²) in [4.78, 5) is 67.7. The molecule has 0 N–H and O–H groups in total. The number of nitrogens with zero attached hydrogens (tertiary/aromatic N) is 2. The topological polar surface area (TPSA) is 110 Å². The van der Waals surface area contributed by atoms with Crippen LogP contribution in [0.2, 0.25) is 5.02 Å². The highest BCUT2D eigenvalue weighted by Crippen LogP contribution is 2.65. The summed E-state index contributed by atoms with van der Waals surface area (Å²) < 4.78 is 10.6. The monoisotopic (exact) mass is 610 g/mol. The fourth-order valence-electron chi connectivity index (χ4n) is 7.01. The number of halogens is 1. The van der Waals surface area contributed by atoms with E-state index in [1.807, 2.05) is 12.2 Å². The number of imide groups is 1. The summed E-state index contributed by atoms with van der Waals surface area (Å²) in [5, 5.41) is 2.29. The van der Waals surface area contributed by atoms with Crippen LogP contribution < -0.4 is 9.47 Å². The Kier molecular flexibility index (Phi) is 6.85. The highest BCUT2D eigenvalue weighted by atomic mass is 35.5. The van der Waals surface area contributed by atoms with Crippen molar-refractivity contribution in [1.29, 1.82) is 0 Å². The molecule has 2 saturated carbocycles. The summed E-state index contributed by atoms with van der Waals surface area (Å²) in [6.07, 6.45) is 5.11. The van der Waals surface area contributed by atoms with Gasteiger partial charge >= 0.3 is 5.97 Å². The Morgan fingerprint density at radius 3 is 2.05 bits per heavy atom. The van der Waals surface area contributed by atoms with E-state index in [9.17, 15) is 24.0 Å². The van der Waals surface area contributed by atoms with Crippen LogP contribution in [-0.2, 0) is 9.59 Å². The lowest BCUT2D eigenvalue weighted by Crippen LogP contribution is -2.52. The van der Waals surface area contributed by atoms with E-state index >= 15 is 0 Å². The molecule has 3 aromatic rings. The van der Waals surface area contributed by atoms with E-state index in [-0.39, 0.29) is 28.7 Å². The molecule has 0 spiro atoms. The summed E-state index contributed by atoms with van der Waals surface area (Å²) >= 11 is 6.02. The van der Waals surface area contributed by atoms with Gasteiger partial charge in [-0.3, -0.25) is 19.2 Å². The number of rotatable bonds is 8. The fraction of sp³-hybridized carbons (Fsp3) is 0.265. The smallest absolute Gasteiger partial charge is 0.343 e. The number of Topliss-reactive ketones (excluding diaryl/α,β-unsaturated/α-hetero) is 1. The minimum atomic E-state index is -0.662. The first-order valence-corrected chi connectivity index (χ1v) is 14.8. The summed E-state index contributed by atoms with van der Waals surface area (Å²) in [6.45, 7) is -0.545. The molecule has 3 amide bonds. The lowest BCUT2D eigenvalue weighted by atomic mass is 9.63. The molecular weight excluding hydrogens is 584 g/mol. The number of benzene rings is 3. The quantitative estimate of drug-likeness (QED) is 0.118. The Morgan fingerprint density at radius 1 is 0.818 bits per heavy atom. The van der Waals surface area contributed by atoms with E-state index in [0.717, 1.165) is 16.4 Å². The number of ether oxygens (including phenoxy) is 2. The predicted molar refractivity (Wildman–Crippen MR) is 158 cm³/mol. The van der Waals surface area contributed by atoms with Gasteiger partial charge in [0.15, 0.2) is 5.78 Å². The molecule has 222 valence electrons. The van der Waals surface area contributed by atoms with Gasteiger partial charge in [-0.05, 0) is 96.8 Å². The fourth-order valence-corrected chi connectivity index (χ4v) is 7.13. The zero-order valence-electron chi connectivity index (χ0n) is 23.6. The molecule has 0 aromatic heterocycles. The van der Waals surface area contributed by atoms with Crippen LogP contribution in [-0.4, -0.2) is 53.1 Å². The van der Waals surface area contributed by atoms with Gasteiger partial charge in [-0.15, -0.1) is 0 Å². The Labute approximate surface area is 257 Å². The zero-order valence-corrected chi connectivity index (χ0v) is 24.3. The maximum absolute atomic E-state index is 13.8. The van der Waals surface area contributed by atoms with E-state index in [0.29, 0.717) is 28.2 Å². The van der Waals surface area contributed by atoms with Gasteiger partial charge in [-0.25, -0.2) is 9.80 Å². The summed E-state index contributed by atoms with van der Waals surface area (Å²) in [5.41, 5.74) is 0.684. The number of carbonyl (C=O) groups excluding carboxylic acids is 5. The Hall–Kier alpha value is -4.76. The van der Waals surface area contributed by atoms with Gasteiger partial charge in [0.25, 0.3) is 17.7 Å². The van der Waals surface area contributed by atoms with Gasteiger partial charge in [0.1, 0.15) is 18.0 Å². The second-order valence-corrected chi connectivity index (χ2v) is 12.0. The van der Waals surface area contributed by atoms with Crippen molar-refractivity contribution in [2.45, 2.75) is 6.42 Å². The second kappa shape index (κ2) is 10.7. The molecule has 6 atom stereocenters. The molecule has 0 radical (unpaired) electrons. The average Bonchev–Trinajstić information content (AvgIpc) is 3.83. The van der Waals surface area contributed by atoms with Crippen molar-refractivity contribution in [1.82, 2.24) is 10.0 Å². The number of amides is 3. The molecule has 2 bridgehead atoms. The number of carbonyl (C=O) groups is 5. The van der Waals surface area contributed by atoms with Crippen LogP contribution in [0.25, 0.3) is 0 Å². The predicted octanol–water partition coefficient (Wildman–Crippen LogP) is 4.86. The van der Waals surface area contributed by atoms with Gasteiger partial charge in [0.05, 0.1) is 24.5 Å². The normalized spacial score (nSPS) is 25.7. The van der Waals surface area contributed by atoms with Crippen molar-refractivity contribution in [3.8, 4) is 11.5 Å². The van der Waals surface area contributed by atoms with E-state index in [1.54, 1.807) is 24.3 Å². The van der Waals surface area contributed by atoms with Crippen LogP contribution >= 0.6 is 11.6 Å². The summed E-state index contributed by atoms with van der Waals surface area (Å²) in [7, 11) is 1.50. The highest BCUT2D eigenvalue weighted by Gasteiger charge is 2.68. The van der Waals surface area contributed by atoms with E-state index in [1.165, 1.54) is 55.6 Å². The first-order chi connectivity index (χ1) is 21.2. The van der Waals surface area contributed by atoms with Crippen molar-refractivity contribution >= 4 is 41.1 Å². The molecule has 10 heteroatoms. The van der Waals surface area contributed by atoms with Crippen molar-refractivity contribution in [3.05, 3.63) is 107 Å². The van der Waals surface area contributed by atoms with E-state index in [4.69, 9.17) is 21.1 Å². The second-order valence-electron chi connectivity index (χ2n) is 11.6. The van der Waals surface area contributed by atoms with Gasteiger partial charge in [0, 0.05) is 16.1 Å².